The predicted molar refractivity (Wildman–Crippen MR) is 127 cm³/mol. The lowest BCUT2D eigenvalue weighted by Gasteiger charge is -2.10. The van der Waals surface area contributed by atoms with Gasteiger partial charge in [-0.1, -0.05) is 103 Å². The van der Waals surface area contributed by atoms with Crippen molar-refractivity contribution < 1.29 is 18.6 Å². The third-order valence-electron chi connectivity index (χ3n) is 5.51. The Labute approximate surface area is 184 Å². The molecule has 0 aromatic heterocycles. The Hall–Kier alpha value is -1.43. The van der Waals surface area contributed by atoms with Crippen LogP contribution in [0, 0.1) is 0 Å². The van der Waals surface area contributed by atoms with Gasteiger partial charge in [-0.3, -0.25) is 4.72 Å². The van der Waals surface area contributed by atoms with Crippen LogP contribution in [0.4, 0.5) is 5.69 Å². The van der Waals surface area contributed by atoms with Gasteiger partial charge >= 0.3 is 0 Å². The highest BCUT2D eigenvalue weighted by Gasteiger charge is 2.13. The zero-order valence-corrected chi connectivity index (χ0v) is 19.7. The Balaban J connectivity index is 1.94. The quantitative estimate of drug-likeness (QED) is 0.121. The highest BCUT2D eigenvalue weighted by molar-refractivity contribution is 7.92. The number of phenols is 2. The van der Waals surface area contributed by atoms with Gasteiger partial charge < -0.3 is 10.2 Å². The molecule has 0 saturated carbocycles. The van der Waals surface area contributed by atoms with Gasteiger partial charge in [-0.2, -0.15) is 0 Å². The van der Waals surface area contributed by atoms with Gasteiger partial charge in [0.25, 0.3) is 0 Å². The zero-order valence-electron chi connectivity index (χ0n) is 18.9. The molecule has 5 nitrogen and oxygen atoms in total. The smallest absolute Gasteiger partial charge is 0.232 e. The van der Waals surface area contributed by atoms with Gasteiger partial charge in [0.15, 0.2) is 0 Å². The molecule has 174 valence electrons. The van der Waals surface area contributed by atoms with Crippen molar-refractivity contribution in [3.8, 4) is 11.5 Å². The SMILES string of the molecule is CCCCCCCCCCCCCCCCCCS(=O)(=O)Nc1cc(O)ccc1O. The highest BCUT2D eigenvalue weighted by Crippen LogP contribution is 2.28. The summed E-state index contributed by atoms with van der Waals surface area (Å²) in [6, 6.07) is 3.78. The van der Waals surface area contributed by atoms with E-state index in [4.69, 9.17) is 0 Å². The van der Waals surface area contributed by atoms with Crippen LogP contribution in [-0.2, 0) is 10.0 Å². The monoisotopic (exact) mass is 441 g/mol. The summed E-state index contributed by atoms with van der Waals surface area (Å²) in [6.45, 7) is 2.26. The first-order valence-corrected chi connectivity index (χ1v) is 13.6. The fraction of sp³-hybridized carbons (Fsp3) is 0.750. The van der Waals surface area contributed by atoms with Crippen LogP contribution in [0.2, 0.25) is 0 Å². The number of hydrogen-bond acceptors (Lipinski definition) is 4. The molecule has 0 bridgehead atoms. The maximum atomic E-state index is 12.1. The Kier molecular flexibility index (Phi) is 14.4. The molecule has 1 rings (SSSR count). The number of unbranched alkanes of at least 4 members (excludes halogenated alkanes) is 15. The third kappa shape index (κ3) is 13.7. The fourth-order valence-electron chi connectivity index (χ4n) is 3.66. The van der Waals surface area contributed by atoms with Crippen LogP contribution in [0.1, 0.15) is 110 Å². The van der Waals surface area contributed by atoms with Crippen LogP contribution >= 0.6 is 0 Å². The van der Waals surface area contributed by atoms with Crippen molar-refractivity contribution in [2.45, 2.75) is 110 Å². The van der Waals surface area contributed by atoms with Crippen LogP contribution < -0.4 is 4.72 Å². The second-order valence-corrected chi connectivity index (χ2v) is 10.3. The van der Waals surface area contributed by atoms with Gasteiger partial charge in [0, 0.05) is 6.07 Å². The molecular formula is C24H43NO4S. The first-order valence-electron chi connectivity index (χ1n) is 12.0. The van der Waals surface area contributed by atoms with Crippen LogP contribution in [0.5, 0.6) is 11.5 Å². The van der Waals surface area contributed by atoms with E-state index in [2.05, 4.69) is 11.6 Å². The van der Waals surface area contributed by atoms with E-state index in [9.17, 15) is 18.6 Å². The largest absolute Gasteiger partial charge is 0.508 e. The van der Waals surface area contributed by atoms with Crippen LogP contribution in [-0.4, -0.2) is 24.4 Å². The molecule has 0 radical (unpaired) electrons. The summed E-state index contributed by atoms with van der Waals surface area (Å²) in [5.74, 6) is -0.253. The maximum Gasteiger partial charge on any atom is 0.232 e. The highest BCUT2D eigenvalue weighted by atomic mass is 32.2. The van der Waals surface area contributed by atoms with Crippen LogP contribution in [0.3, 0.4) is 0 Å². The van der Waals surface area contributed by atoms with Crippen LogP contribution in [0.15, 0.2) is 18.2 Å². The van der Waals surface area contributed by atoms with Gasteiger partial charge in [-0.15, -0.1) is 0 Å². The van der Waals surface area contributed by atoms with Gasteiger partial charge in [-0.25, -0.2) is 8.42 Å². The number of anilines is 1. The van der Waals surface area contributed by atoms with Gasteiger partial charge in [0.2, 0.25) is 10.0 Å². The summed E-state index contributed by atoms with van der Waals surface area (Å²) in [5.41, 5.74) is 0.0199. The topological polar surface area (TPSA) is 86.6 Å². The number of hydrogen-bond donors (Lipinski definition) is 3. The van der Waals surface area contributed by atoms with Crippen molar-refractivity contribution in [2.24, 2.45) is 0 Å². The van der Waals surface area contributed by atoms with Gasteiger partial charge in [-0.05, 0) is 18.6 Å². The van der Waals surface area contributed by atoms with Crippen LogP contribution in [0.25, 0.3) is 0 Å². The van der Waals surface area contributed by atoms with E-state index in [1.807, 2.05) is 0 Å². The minimum Gasteiger partial charge on any atom is -0.508 e. The van der Waals surface area contributed by atoms with Gasteiger partial charge in [0.1, 0.15) is 11.5 Å². The molecule has 6 heteroatoms. The van der Waals surface area contributed by atoms with Crippen molar-refractivity contribution in [3.05, 3.63) is 18.2 Å². The minimum absolute atomic E-state index is 0.0199. The average Bonchev–Trinajstić information content (AvgIpc) is 2.70. The molecule has 0 aliphatic heterocycles. The molecule has 0 aliphatic rings. The molecule has 1 aromatic carbocycles. The lowest BCUT2D eigenvalue weighted by molar-refractivity contribution is 0.462. The number of rotatable bonds is 19. The van der Waals surface area contributed by atoms with E-state index >= 15 is 0 Å². The van der Waals surface area contributed by atoms with E-state index in [1.165, 1.54) is 95.2 Å². The predicted octanol–water partition coefficient (Wildman–Crippen LogP) is 7.10. The number of sulfonamides is 1. The fourth-order valence-corrected chi connectivity index (χ4v) is 4.85. The molecule has 0 heterocycles. The average molecular weight is 442 g/mol. The molecule has 0 unspecified atom stereocenters. The van der Waals surface area contributed by atoms with E-state index in [0.717, 1.165) is 19.3 Å². The summed E-state index contributed by atoms with van der Waals surface area (Å²) in [6.07, 6.45) is 20.0. The molecular weight excluding hydrogens is 398 g/mol. The van der Waals surface area contributed by atoms with E-state index in [0.29, 0.717) is 6.42 Å². The van der Waals surface area contributed by atoms with E-state index in [1.54, 1.807) is 0 Å². The lowest BCUT2D eigenvalue weighted by atomic mass is 10.0. The molecule has 0 atom stereocenters. The molecule has 0 spiro atoms. The lowest BCUT2D eigenvalue weighted by Crippen LogP contribution is -2.16. The Morgan fingerprint density at radius 3 is 1.60 bits per heavy atom. The first-order chi connectivity index (χ1) is 14.4. The molecule has 0 amide bonds. The van der Waals surface area contributed by atoms with Crippen molar-refractivity contribution in [2.75, 3.05) is 10.5 Å². The standard InChI is InChI=1S/C24H43NO4S/c1-2-3-4-5-6-7-8-9-10-11-12-13-14-15-16-17-20-30(28,29)25-23-21-22(26)18-19-24(23)27/h18-19,21,25-27H,2-17,20H2,1H3. The second kappa shape index (κ2) is 16.3. The Morgan fingerprint density at radius 2 is 1.13 bits per heavy atom. The minimum atomic E-state index is -3.51. The summed E-state index contributed by atoms with van der Waals surface area (Å²) in [7, 11) is -3.51. The number of phenolic OH excluding ortho intramolecular Hbond substituents is 2. The molecule has 0 fully saturated rings. The summed E-state index contributed by atoms with van der Waals surface area (Å²) in [5, 5.41) is 19.1. The van der Waals surface area contributed by atoms with E-state index in [-0.39, 0.29) is 22.9 Å². The van der Waals surface area contributed by atoms with Crippen molar-refractivity contribution in [1.82, 2.24) is 0 Å². The Bertz CT molecular complexity index is 661. The maximum absolute atomic E-state index is 12.1. The number of nitrogens with one attached hydrogen (secondary N) is 1. The Morgan fingerprint density at radius 1 is 0.700 bits per heavy atom. The summed E-state index contributed by atoms with van der Waals surface area (Å²) < 4.78 is 26.6. The number of benzene rings is 1. The summed E-state index contributed by atoms with van der Waals surface area (Å²) >= 11 is 0. The second-order valence-electron chi connectivity index (χ2n) is 8.43. The molecule has 0 aliphatic carbocycles. The van der Waals surface area contributed by atoms with E-state index < -0.39 is 10.0 Å². The van der Waals surface area contributed by atoms with Crippen molar-refractivity contribution in [3.63, 3.8) is 0 Å². The number of aromatic hydroxyl groups is 2. The van der Waals surface area contributed by atoms with Gasteiger partial charge in [0.05, 0.1) is 11.4 Å². The summed E-state index contributed by atoms with van der Waals surface area (Å²) in [4.78, 5) is 0. The normalized spacial score (nSPS) is 11.6. The molecule has 0 saturated heterocycles. The van der Waals surface area contributed by atoms with Crippen molar-refractivity contribution >= 4 is 15.7 Å². The first kappa shape index (κ1) is 26.6. The zero-order chi connectivity index (χ0) is 22.1. The third-order valence-corrected chi connectivity index (χ3v) is 6.87. The molecule has 30 heavy (non-hydrogen) atoms. The molecule has 1 aromatic rings. The van der Waals surface area contributed by atoms with Crippen molar-refractivity contribution in [1.29, 1.82) is 0 Å². The molecule has 3 N–H and O–H groups in total.